The molecule has 344 valence electrons. The zero-order chi connectivity index (χ0) is 46.7. The Kier molecular flexibility index (Phi) is 26.6. The van der Waals surface area contributed by atoms with Crippen molar-refractivity contribution in [2.45, 2.75) is 114 Å². The standard InChI is InChI=1S/C34H60N14O12S/c1-17(49)43-19(5-3-14-41-33(37)38)28(56)45-20(6-4-15-42-34(39)40)29(57)46-21(7-10-24(35)50)31(59)48-23(13-16-61-2)32(60)47-22(9-12-26(53)54)30(58)44-18(27(36)55)8-11-25(51)52/h18-23H,3-16H2,1-2H3,(H2,35,50)(H2,36,55)(H,43,49)(H,44,58)(H,45,56)(H,46,57)(H,47,60)(H,48,59)(H,51,52)(H,53,54)(H4,37,38,41)(H4,39,40,42)/t18-,19-,20-,21+,22-,23+/m0/s1. The van der Waals surface area contributed by atoms with Crippen molar-refractivity contribution in [3.63, 3.8) is 0 Å². The number of carboxylic acids is 2. The topological polar surface area (TPSA) is 464 Å². The summed E-state index contributed by atoms with van der Waals surface area (Å²) in [5.41, 5.74) is 32.2. The summed E-state index contributed by atoms with van der Waals surface area (Å²) >= 11 is 1.27. The monoisotopic (exact) mass is 888 g/mol. The second kappa shape index (κ2) is 29.7. The molecule has 0 radical (unpaired) electrons. The van der Waals surface area contributed by atoms with Crippen molar-refractivity contribution in [3.05, 3.63) is 0 Å². The lowest BCUT2D eigenvalue weighted by atomic mass is 10.0. The van der Waals surface area contributed by atoms with E-state index in [2.05, 4.69) is 41.9 Å². The molecular formula is C34H60N14O12S. The van der Waals surface area contributed by atoms with Gasteiger partial charge in [-0.2, -0.15) is 11.8 Å². The molecule has 8 amide bonds. The van der Waals surface area contributed by atoms with Crippen LogP contribution in [0.3, 0.4) is 0 Å². The summed E-state index contributed by atoms with van der Waals surface area (Å²) in [5, 5.41) is 32.8. The molecule has 0 bridgehead atoms. The Hall–Kier alpha value is -6.41. The van der Waals surface area contributed by atoms with Gasteiger partial charge in [0.1, 0.15) is 36.3 Å². The van der Waals surface area contributed by atoms with Crippen molar-refractivity contribution < 1.29 is 58.2 Å². The maximum absolute atomic E-state index is 13.8. The number of aliphatic imine (C=N–C) groups is 2. The van der Waals surface area contributed by atoms with Crippen LogP contribution in [0.15, 0.2) is 9.98 Å². The van der Waals surface area contributed by atoms with Crippen LogP contribution < -0.4 is 66.3 Å². The number of nitrogens with two attached hydrogens (primary N) is 6. The molecule has 61 heavy (non-hydrogen) atoms. The summed E-state index contributed by atoms with van der Waals surface area (Å²) in [4.78, 5) is 134. The molecule has 20 N–H and O–H groups in total. The minimum absolute atomic E-state index is 0.0322. The molecule has 0 aromatic rings. The van der Waals surface area contributed by atoms with Gasteiger partial charge in [-0.1, -0.05) is 0 Å². The Morgan fingerprint density at radius 1 is 0.492 bits per heavy atom. The average Bonchev–Trinajstić information content (AvgIpc) is 3.16. The van der Waals surface area contributed by atoms with Crippen LogP contribution >= 0.6 is 11.8 Å². The molecule has 6 atom stereocenters. The van der Waals surface area contributed by atoms with Gasteiger partial charge >= 0.3 is 11.9 Å². The number of carbonyl (C=O) groups is 10. The minimum Gasteiger partial charge on any atom is -0.481 e. The molecule has 27 heteroatoms. The third-order valence-electron chi connectivity index (χ3n) is 8.36. The molecule has 0 aromatic heterocycles. The highest BCUT2D eigenvalue weighted by atomic mass is 32.2. The molecule has 0 aliphatic rings. The van der Waals surface area contributed by atoms with E-state index in [1.807, 2.05) is 0 Å². The molecule has 0 rings (SSSR count). The summed E-state index contributed by atoms with van der Waals surface area (Å²) in [5.74, 6) is -10.0. The van der Waals surface area contributed by atoms with Crippen molar-refractivity contribution in [2.24, 2.45) is 44.4 Å². The van der Waals surface area contributed by atoms with Crippen LogP contribution in [0.25, 0.3) is 0 Å². The lowest BCUT2D eigenvalue weighted by Gasteiger charge is -2.27. The highest BCUT2D eigenvalue weighted by Gasteiger charge is 2.33. The van der Waals surface area contributed by atoms with Gasteiger partial charge in [-0.25, -0.2) is 0 Å². The average molecular weight is 889 g/mol. The number of nitrogens with zero attached hydrogens (tertiary/aromatic N) is 2. The van der Waals surface area contributed by atoms with Crippen LogP contribution in [0.1, 0.15) is 77.6 Å². The highest BCUT2D eigenvalue weighted by molar-refractivity contribution is 7.98. The number of aliphatic carboxylic acids is 2. The van der Waals surface area contributed by atoms with Crippen molar-refractivity contribution in [3.8, 4) is 0 Å². The molecule has 0 aliphatic carbocycles. The minimum atomic E-state index is -1.61. The zero-order valence-corrected chi connectivity index (χ0v) is 34.9. The number of nitrogens with one attached hydrogen (secondary N) is 6. The third-order valence-corrected chi connectivity index (χ3v) is 9.00. The van der Waals surface area contributed by atoms with Crippen LogP contribution in [0.5, 0.6) is 0 Å². The number of guanidine groups is 2. The lowest BCUT2D eigenvalue weighted by molar-refractivity contribution is -0.139. The molecule has 0 unspecified atom stereocenters. The summed E-state index contributed by atoms with van der Waals surface area (Å²) in [6.07, 6.45) is -0.915. The number of carbonyl (C=O) groups excluding carboxylic acids is 8. The first kappa shape index (κ1) is 54.6. The van der Waals surface area contributed by atoms with Crippen LogP contribution in [0, 0.1) is 0 Å². The molecule has 0 heterocycles. The summed E-state index contributed by atoms with van der Waals surface area (Å²) in [6, 6.07) is -8.59. The zero-order valence-electron chi connectivity index (χ0n) is 34.1. The summed E-state index contributed by atoms with van der Waals surface area (Å²) < 4.78 is 0. The molecule has 0 saturated heterocycles. The molecular weight excluding hydrogens is 829 g/mol. The number of hydrogen-bond donors (Lipinski definition) is 14. The first-order chi connectivity index (χ1) is 28.6. The van der Waals surface area contributed by atoms with Gasteiger partial charge in [0.2, 0.25) is 47.3 Å². The van der Waals surface area contributed by atoms with Crippen molar-refractivity contribution in [2.75, 3.05) is 25.1 Å². The van der Waals surface area contributed by atoms with E-state index in [0.717, 1.165) is 0 Å². The Balaban J connectivity index is 6.54. The van der Waals surface area contributed by atoms with E-state index in [0.29, 0.717) is 0 Å². The molecule has 0 aliphatic heterocycles. The molecule has 0 saturated carbocycles. The Bertz CT molecular complexity index is 1610. The molecule has 0 spiro atoms. The first-order valence-corrected chi connectivity index (χ1v) is 20.4. The van der Waals surface area contributed by atoms with Gasteiger partial charge in [0, 0.05) is 39.3 Å². The SMILES string of the molecule is CSCC[C@@H](NC(=O)[C@@H](CCC(N)=O)NC(=O)[C@H](CCCN=C(N)N)NC(=O)[C@H](CCCN=C(N)N)NC(C)=O)C(=O)N[C@@H](CCC(=O)O)C(=O)N[C@@H](CCC(=O)O)C(N)=O. The molecule has 0 aromatic carbocycles. The quantitative estimate of drug-likeness (QED) is 0.0170. The predicted octanol–water partition coefficient (Wildman–Crippen LogP) is -5.74. The number of thioether (sulfide) groups is 1. The second-order valence-electron chi connectivity index (χ2n) is 13.5. The smallest absolute Gasteiger partial charge is 0.303 e. The second-order valence-corrected chi connectivity index (χ2v) is 14.5. The van der Waals surface area contributed by atoms with E-state index < -0.39 is 128 Å². The van der Waals surface area contributed by atoms with E-state index in [1.54, 1.807) is 6.26 Å². The van der Waals surface area contributed by atoms with E-state index >= 15 is 0 Å². The van der Waals surface area contributed by atoms with Gasteiger partial charge in [-0.3, -0.25) is 57.9 Å². The number of amides is 8. The van der Waals surface area contributed by atoms with Crippen molar-refractivity contribution in [1.29, 1.82) is 0 Å². The number of rotatable bonds is 32. The Morgan fingerprint density at radius 2 is 0.820 bits per heavy atom. The fourth-order valence-electron chi connectivity index (χ4n) is 5.30. The summed E-state index contributed by atoms with van der Waals surface area (Å²) in [6.45, 7) is 1.34. The maximum Gasteiger partial charge on any atom is 0.303 e. The van der Waals surface area contributed by atoms with E-state index in [4.69, 9.17) is 39.5 Å². The van der Waals surface area contributed by atoms with E-state index in [9.17, 15) is 53.1 Å². The van der Waals surface area contributed by atoms with E-state index in [-0.39, 0.29) is 69.3 Å². The Morgan fingerprint density at radius 3 is 1.15 bits per heavy atom. The molecule has 0 fully saturated rings. The van der Waals surface area contributed by atoms with Gasteiger partial charge in [0.15, 0.2) is 11.9 Å². The molecule has 26 nitrogen and oxygen atoms in total. The van der Waals surface area contributed by atoms with Crippen molar-refractivity contribution in [1.82, 2.24) is 31.9 Å². The largest absolute Gasteiger partial charge is 0.481 e. The van der Waals surface area contributed by atoms with E-state index in [1.165, 1.54) is 18.7 Å². The highest BCUT2D eigenvalue weighted by Crippen LogP contribution is 2.09. The summed E-state index contributed by atoms with van der Waals surface area (Å²) in [7, 11) is 0. The van der Waals surface area contributed by atoms with Gasteiger partial charge in [0.05, 0.1) is 0 Å². The number of carboxylic acid groups (broad SMARTS) is 2. The maximum atomic E-state index is 13.8. The van der Waals surface area contributed by atoms with Crippen LogP contribution in [-0.2, 0) is 47.9 Å². The van der Waals surface area contributed by atoms with Crippen LogP contribution in [0.2, 0.25) is 0 Å². The number of primary amides is 2. The fraction of sp³-hybridized carbons (Fsp3) is 0.647. The normalized spacial score (nSPS) is 13.5. The van der Waals surface area contributed by atoms with Gasteiger partial charge < -0.3 is 76.5 Å². The van der Waals surface area contributed by atoms with Gasteiger partial charge in [0.25, 0.3) is 0 Å². The third kappa shape index (κ3) is 25.6. The predicted molar refractivity (Wildman–Crippen MR) is 221 cm³/mol. The Labute approximate surface area is 355 Å². The van der Waals surface area contributed by atoms with Crippen LogP contribution in [0.4, 0.5) is 0 Å². The van der Waals surface area contributed by atoms with Crippen LogP contribution in [-0.4, -0.2) is 143 Å². The van der Waals surface area contributed by atoms with Crippen molar-refractivity contribution >= 4 is 82.9 Å². The van der Waals surface area contributed by atoms with Gasteiger partial charge in [-0.05, 0) is 63.4 Å². The lowest BCUT2D eigenvalue weighted by Crippen LogP contribution is -2.59. The van der Waals surface area contributed by atoms with Gasteiger partial charge in [-0.15, -0.1) is 0 Å². The number of hydrogen-bond acceptors (Lipinski definition) is 13. The fourth-order valence-corrected chi connectivity index (χ4v) is 5.77. The first-order valence-electron chi connectivity index (χ1n) is 19.0.